The first-order valence-corrected chi connectivity index (χ1v) is 3.34. The lowest BCUT2D eigenvalue weighted by molar-refractivity contribution is 0.395. The van der Waals surface area contributed by atoms with Gasteiger partial charge in [0.1, 0.15) is 5.76 Å². The molecule has 0 radical (unpaired) electrons. The quantitative estimate of drug-likeness (QED) is 0.445. The van der Waals surface area contributed by atoms with Crippen LogP contribution < -0.4 is 0 Å². The number of aliphatic hydroxyl groups excluding tert-OH is 1. The van der Waals surface area contributed by atoms with Crippen molar-refractivity contribution < 1.29 is 5.11 Å². The largest absolute Gasteiger partial charge is 0.505 e. The molecule has 0 aliphatic heterocycles. The van der Waals surface area contributed by atoms with Gasteiger partial charge in [-0.05, 0) is 18.9 Å². The number of rotatable bonds is 2. The van der Waals surface area contributed by atoms with Crippen LogP contribution in [0.1, 0.15) is 33.6 Å². The summed E-state index contributed by atoms with van der Waals surface area (Å²) in [6.07, 6.45) is 1.64. The van der Waals surface area contributed by atoms with Crippen molar-refractivity contribution >= 4 is 0 Å². The third-order valence-electron chi connectivity index (χ3n) is 1.22. The summed E-state index contributed by atoms with van der Waals surface area (Å²) >= 11 is 0. The van der Waals surface area contributed by atoms with Crippen LogP contribution in [0.5, 0.6) is 0 Å². The lowest BCUT2D eigenvalue weighted by Crippen LogP contribution is -1.74. The van der Waals surface area contributed by atoms with Crippen LogP contribution in [0.3, 0.4) is 0 Å². The summed E-state index contributed by atoms with van der Waals surface area (Å²) in [5.41, 5.74) is 3.97. The molecule has 0 bridgehead atoms. The van der Waals surface area contributed by atoms with E-state index in [0.29, 0.717) is 12.2 Å². The molecule has 0 aliphatic rings. The zero-order valence-corrected chi connectivity index (χ0v) is 6.36. The van der Waals surface area contributed by atoms with E-state index in [0.717, 1.165) is 12.0 Å². The first-order valence-electron chi connectivity index (χ1n) is 3.34. The highest BCUT2D eigenvalue weighted by Gasteiger charge is 1.83. The van der Waals surface area contributed by atoms with Gasteiger partial charge in [-0.15, -0.1) is 0 Å². The minimum Gasteiger partial charge on any atom is -0.505 e. The maximum absolute atomic E-state index is 8.94. The molecule has 0 aliphatic carbocycles. The second-order valence-electron chi connectivity index (χ2n) is 2.06. The molecular formula is C8H14O. The smallest absolute Gasteiger partial charge is 0.134 e. The van der Waals surface area contributed by atoms with Gasteiger partial charge in [0.25, 0.3) is 0 Å². The van der Waals surface area contributed by atoms with E-state index in [1.54, 1.807) is 0 Å². The first-order chi connectivity index (χ1) is 4.20. The second kappa shape index (κ2) is 4.22. The average molecular weight is 126 g/mol. The van der Waals surface area contributed by atoms with Crippen molar-refractivity contribution in [2.75, 3.05) is 0 Å². The summed E-state index contributed by atoms with van der Waals surface area (Å²) in [5.74, 6) is 0.356. The Bertz CT molecular complexity index is 125. The van der Waals surface area contributed by atoms with Gasteiger partial charge in [0, 0.05) is 6.42 Å². The number of hydrogen-bond acceptors (Lipinski definition) is 1. The Morgan fingerprint density at radius 3 is 2.22 bits per heavy atom. The molecule has 0 unspecified atom stereocenters. The molecule has 0 saturated carbocycles. The SMILES string of the molecule is CCC(C)=C=C(O)CC. The topological polar surface area (TPSA) is 20.2 Å². The highest BCUT2D eigenvalue weighted by Crippen LogP contribution is 1.98. The van der Waals surface area contributed by atoms with Crippen molar-refractivity contribution in [3.05, 3.63) is 17.1 Å². The maximum Gasteiger partial charge on any atom is 0.134 e. The van der Waals surface area contributed by atoms with E-state index in [-0.39, 0.29) is 0 Å². The van der Waals surface area contributed by atoms with Gasteiger partial charge in [0.15, 0.2) is 0 Å². The van der Waals surface area contributed by atoms with E-state index in [1.165, 1.54) is 0 Å². The zero-order chi connectivity index (χ0) is 7.28. The van der Waals surface area contributed by atoms with Crippen LogP contribution in [-0.2, 0) is 0 Å². The molecule has 0 aromatic rings. The van der Waals surface area contributed by atoms with E-state index in [1.807, 2.05) is 20.8 Å². The minimum atomic E-state index is 0.356. The van der Waals surface area contributed by atoms with Gasteiger partial charge >= 0.3 is 0 Å². The predicted octanol–water partition coefficient (Wildman–Crippen LogP) is 2.79. The summed E-state index contributed by atoms with van der Waals surface area (Å²) < 4.78 is 0. The molecule has 0 amide bonds. The van der Waals surface area contributed by atoms with E-state index >= 15 is 0 Å². The van der Waals surface area contributed by atoms with Crippen molar-refractivity contribution in [2.24, 2.45) is 0 Å². The summed E-state index contributed by atoms with van der Waals surface area (Å²) in [7, 11) is 0. The minimum absolute atomic E-state index is 0.356. The molecule has 0 fully saturated rings. The molecule has 9 heavy (non-hydrogen) atoms. The summed E-state index contributed by atoms with van der Waals surface area (Å²) in [5, 5.41) is 8.94. The number of allylic oxidation sites excluding steroid dienone is 1. The molecular weight excluding hydrogens is 112 g/mol. The van der Waals surface area contributed by atoms with Crippen molar-refractivity contribution in [3.63, 3.8) is 0 Å². The highest BCUT2D eigenvalue weighted by molar-refractivity contribution is 5.00. The third kappa shape index (κ3) is 3.87. The molecule has 0 atom stereocenters. The van der Waals surface area contributed by atoms with Gasteiger partial charge in [0.2, 0.25) is 0 Å². The Morgan fingerprint density at radius 1 is 1.33 bits per heavy atom. The van der Waals surface area contributed by atoms with Crippen LogP contribution in [-0.4, -0.2) is 5.11 Å². The fraction of sp³-hybridized carbons (Fsp3) is 0.625. The first kappa shape index (κ1) is 8.32. The molecule has 0 heterocycles. The molecule has 0 rings (SSSR count). The van der Waals surface area contributed by atoms with Crippen LogP contribution in [0.2, 0.25) is 0 Å². The highest BCUT2D eigenvalue weighted by atomic mass is 16.3. The van der Waals surface area contributed by atoms with Crippen molar-refractivity contribution in [1.82, 2.24) is 0 Å². The Morgan fingerprint density at radius 2 is 1.89 bits per heavy atom. The van der Waals surface area contributed by atoms with E-state index < -0.39 is 0 Å². The summed E-state index contributed by atoms with van der Waals surface area (Å²) in [6, 6.07) is 0. The van der Waals surface area contributed by atoms with Crippen molar-refractivity contribution in [1.29, 1.82) is 0 Å². The molecule has 0 aromatic heterocycles. The van der Waals surface area contributed by atoms with E-state index in [4.69, 9.17) is 5.11 Å². The normalized spacial score (nSPS) is 8.33. The molecule has 1 heteroatoms. The Hall–Kier alpha value is -0.680. The summed E-state index contributed by atoms with van der Waals surface area (Å²) in [6.45, 7) is 5.92. The number of aliphatic hydroxyl groups is 1. The fourth-order valence-electron chi connectivity index (χ4n) is 0.423. The van der Waals surface area contributed by atoms with Gasteiger partial charge in [-0.1, -0.05) is 19.6 Å². The Balaban J connectivity index is 4.19. The van der Waals surface area contributed by atoms with Gasteiger partial charge < -0.3 is 5.11 Å². The second-order valence-corrected chi connectivity index (χ2v) is 2.06. The monoisotopic (exact) mass is 126 g/mol. The standard InChI is InChI=1S/C8H14O/c1-4-7(3)6-8(9)5-2/h9H,4-5H2,1-3H3. The molecule has 52 valence electrons. The van der Waals surface area contributed by atoms with Crippen LogP contribution in [0.25, 0.3) is 0 Å². The Labute approximate surface area is 56.7 Å². The van der Waals surface area contributed by atoms with Crippen LogP contribution in [0.4, 0.5) is 0 Å². The lowest BCUT2D eigenvalue weighted by Gasteiger charge is -1.88. The predicted molar refractivity (Wildman–Crippen MR) is 39.4 cm³/mol. The van der Waals surface area contributed by atoms with Crippen molar-refractivity contribution in [2.45, 2.75) is 33.6 Å². The van der Waals surface area contributed by atoms with Gasteiger partial charge in [-0.2, -0.15) is 0 Å². The molecule has 1 N–H and O–H groups in total. The van der Waals surface area contributed by atoms with E-state index in [9.17, 15) is 0 Å². The van der Waals surface area contributed by atoms with Crippen LogP contribution in [0.15, 0.2) is 17.1 Å². The van der Waals surface area contributed by atoms with E-state index in [2.05, 4.69) is 5.73 Å². The number of hydrogen-bond donors (Lipinski definition) is 1. The maximum atomic E-state index is 8.94. The molecule has 1 nitrogen and oxygen atoms in total. The van der Waals surface area contributed by atoms with Crippen LogP contribution >= 0.6 is 0 Å². The third-order valence-corrected chi connectivity index (χ3v) is 1.22. The zero-order valence-electron chi connectivity index (χ0n) is 6.36. The van der Waals surface area contributed by atoms with Gasteiger partial charge in [0.05, 0.1) is 0 Å². The van der Waals surface area contributed by atoms with Crippen LogP contribution in [0, 0.1) is 0 Å². The molecule has 0 aromatic carbocycles. The molecule has 0 spiro atoms. The fourth-order valence-corrected chi connectivity index (χ4v) is 0.423. The van der Waals surface area contributed by atoms with Gasteiger partial charge in [-0.3, -0.25) is 0 Å². The lowest BCUT2D eigenvalue weighted by atomic mass is 10.2. The summed E-state index contributed by atoms with van der Waals surface area (Å²) in [4.78, 5) is 0. The Kier molecular flexibility index (Phi) is 3.90. The molecule has 0 saturated heterocycles. The van der Waals surface area contributed by atoms with Crippen molar-refractivity contribution in [3.8, 4) is 0 Å². The average Bonchev–Trinajstić information content (AvgIpc) is 1.87. The van der Waals surface area contributed by atoms with Gasteiger partial charge in [-0.25, -0.2) is 0 Å².